The number of hydrogen-bond acceptors (Lipinski definition) is 0. The van der Waals surface area contributed by atoms with Crippen molar-refractivity contribution in [3.63, 3.8) is 0 Å². The molecule has 2 saturated carbocycles. The SMILES string of the molecule is [B](C1CCCCCCCCCCCCCCC1)C1CCCCCCCCCCCCCC1. The number of hydrogen-bond donors (Lipinski definition) is 0. The molecule has 0 N–H and O–H groups in total. The Kier molecular flexibility index (Phi) is 19.1. The van der Waals surface area contributed by atoms with Crippen molar-refractivity contribution >= 4 is 7.28 Å². The first-order chi connectivity index (χ1) is 15.9. The van der Waals surface area contributed by atoms with Gasteiger partial charge in [-0.15, -0.1) is 0 Å². The largest absolute Gasteiger partial charge is 0.117 e. The van der Waals surface area contributed by atoms with Gasteiger partial charge in [-0.1, -0.05) is 198 Å². The average Bonchev–Trinajstić information content (AvgIpc) is 2.80. The van der Waals surface area contributed by atoms with Crippen LogP contribution in [0, 0.1) is 0 Å². The van der Waals surface area contributed by atoms with Gasteiger partial charge in [0.15, 0.2) is 0 Å². The fourth-order valence-corrected chi connectivity index (χ4v) is 6.40. The summed E-state index contributed by atoms with van der Waals surface area (Å²) in [5.41, 5.74) is 0. The minimum atomic E-state index is 0.926. The van der Waals surface area contributed by atoms with Gasteiger partial charge >= 0.3 is 0 Å². The molecule has 0 unspecified atom stereocenters. The average molecular weight is 444 g/mol. The first-order valence-corrected chi connectivity index (χ1v) is 15.8. The fraction of sp³-hybridized carbons (Fsp3) is 1.00. The van der Waals surface area contributed by atoms with Crippen LogP contribution in [0.25, 0.3) is 0 Å². The second-order valence-corrected chi connectivity index (χ2v) is 11.7. The maximum Gasteiger partial charge on any atom is 0.117 e. The van der Waals surface area contributed by atoms with Crippen molar-refractivity contribution in [2.75, 3.05) is 0 Å². The van der Waals surface area contributed by atoms with E-state index in [1.54, 1.807) is 0 Å². The Morgan fingerprint density at radius 2 is 0.375 bits per heavy atom. The van der Waals surface area contributed by atoms with Gasteiger partial charge in [0.1, 0.15) is 7.28 Å². The van der Waals surface area contributed by atoms with Crippen molar-refractivity contribution in [1.82, 2.24) is 0 Å². The summed E-state index contributed by atoms with van der Waals surface area (Å²) in [5.74, 6) is 1.85. The minimum Gasteiger partial charge on any atom is -0.0686 e. The van der Waals surface area contributed by atoms with Crippen LogP contribution in [0.1, 0.15) is 186 Å². The van der Waals surface area contributed by atoms with Gasteiger partial charge in [0.2, 0.25) is 0 Å². The molecule has 0 nitrogen and oxygen atoms in total. The normalized spacial score (nSPS) is 25.4. The molecule has 1 radical (unpaired) electrons. The van der Waals surface area contributed by atoms with Gasteiger partial charge in [0.25, 0.3) is 0 Å². The van der Waals surface area contributed by atoms with Crippen molar-refractivity contribution < 1.29 is 0 Å². The van der Waals surface area contributed by atoms with E-state index in [1.165, 1.54) is 186 Å². The van der Waals surface area contributed by atoms with Crippen LogP contribution < -0.4 is 0 Å². The van der Waals surface area contributed by atoms with Gasteiger partial charge in [-0.25, -0.2) is 0 Å². The summed E-state index contributed by atoms with van der Waals surface area (Å²) in [4.78, 5) is 0. The van der Waals surface area contributed by atoms with Gasteiger partial charge in [-0.05, 0) is 0 Å². The maximum absolute atomic E-state index is 2.92. The molecule has 0 amide bonds. The van der Waals surface area contributed by atoms with Crippen molar-refractivity contribution in [2.45, 2.75) is 198 Å². The Balaban J connectivity index is 1.77. The first-order valence-electron chi connectivity index (χ1n) is 15.8. The molecule has 0 atom stereocenters. The van der Waals surface area contributed by atoms with E-state index in [-0.39, 0.29) is 0 Å². The van der Waals surface area contributed by atoms with Crippen LogP contribution >= 0.6 is 0 Å². The summed E-state index contributed by atoms with van der Waals surface area (Å²) in [6.45, 7) is 0. The number of rotatable bonds is 2. The summed E-state index contributed by atoms with van der Waals surface area (Å²) < 4.78 is 0. The van der Waals surface area contributed by atoms with E-state index in [0.29, 0.717) is 0 Å². The van der Waals surface area contributed by atoms with Gasteiger partial charge in [-0.3, -0.25) is 0 Å². The first kappa shape index (κ1) is 28.3. The summed E-state index contributed by atoms with van der Waals surface area (Å²) in [7, 11) is 2.92. The summed E-state index contributed by atoms with van der Waals surface area (Å²) in [6.07, 6.45) is 43.4. The Bertz CT molecular complexity index is 347. The monoisotopic (exact) mass is 443 g/mol. The lowest BCUT2D eigenvalue weighted by Crippen LogP contribution is -2.13. The quantitative estimate of drug-likeness (QED) is 0.372. The molecule has 2 aliphatic rings. The topological polar surface area (TPSA) is 0 Å². The highest BCUT2D eigenvalue weighted by atomic mass is 14.1. The Hall–Kier alpha value is 0.0649. The zero-order valence-electron chi connectivity index (χ0n) is 22.2. The third-order valence-corrected chi connectivity index (χ3v) is 8.59. The maximum atomic E-state index is 2.92. The predicted octanol–water partition coefficient (Wildman–Crippen LogP) is 11.6. The van der Waals surface area contributed by atoms with Gasteiger partial charge in [0.05, 0.1) is 0 Å². The van der Waals surface area contributed by atoms with Crippen LogP contribution in [0.15, 0.2) is 0 Å². The van der Waals surface area contributed by atoms with Crippen LogP contribution in [0.2, 0.25) is 11.6 Å². The Morgan fingerprint density at radius 1 is 0.219 bits per heavy atom. The van der Waals surface area contributed by atoms with E-state index >= 15 is 0 Å². The van der Waals surface area contributed by atoms with Gasteiger partial charge in [-0.2, -0.15) is 0 Å². The lowest BCUT2D eigenvalue weighted by Gasteiger charge is -2.23. The van der Waals surface area contributed by atoms with Crippen LogP contribution in [0.5, 0.6) is 0 Å². The van der Waals surface area contributed by atoms with E-state index in [4.69, 9.17) is 0 Å². The Morgan fingerprint density at radius 3 is 0.562 bits per heavy atom. The predicted molar refractivity (Wildman–Crippen MR) is 147 cm³/mol. The van der Waals surface area contributed by atoms with E-state index in [9.17, 15) is 0 Å². The van der Waals surface area contributed by atoms with Crippen LogP contribution in [-0.2, 0) is 0 Å². The molecule has 0 saturated heterocycles. The Labute approximate surface area is 205 Å². The molecule has 1 heteroatoms. The summed E-state index contributed by atoms with van der Waals surface area (Å²) in [5, 5.41) is 0. The molecule has 0 aromatic carbocycles. The molecule has 187 valence electrons. The molecule has 0 aliphatic heterocycles. The van der Waals surface area contributed by atoms with E-state index in [2.05, 4.69) is 7.28 Å². The molecule has 0 bridgehead atoms. The summed E-state index contributed by atoms with van der Waals surface area (Å²) >= 11 is 0. The van der Waals surface area contributed by atoms with Gasteiger partial charge < -0.3 is 0 Å². The molecular weight excluding hydrogens is 383 g/mol. The molecule has 0 aromatic heterocycles. The van der Waals surface area contributed by atoms with E-state index in [0.717, 1.165) is 11.6 Å². The second-order valence-electron chi connectivity index (χ2n) is 11.7. The summed E-state index contributed by atoms with van der Waals surface area (Å²) in [6, 6.07) is 0. The van der Waals surface area contributed by atoms with Crippen LogP contribution in [-0.4, -0.2) is 7.28 Å². The van der Waals surface area contributed by atoms with E-state index < -0.39 is 0 Å². The fourth-order valence-electron chi connectivity index (χ4n) is 6.40. The zero-order chi connectivity index (χ0) is 22.4. The van der Waals surface area contributed by atoms with Crippen molar-refractivity contribution in [1.29, 1.82) is 0 Å². The lowest BCUT2D eigenvalue weighted by molar-refractivity contribution is 0.495. The molecule has 0 heterocycles. The highest BCUT2D eigenvalue weighted by Crippen LogP contribution is 2.32. The molecule has 32 heavy (non-hydrogen) atoms. The van der Waals surface area contributed by atoms with E-state index in [1.807, 2.05) is 0 Å². The molecule has 0 aromatic rings. The van der Waals surface area contributed by atoms with Crippen LogP contribution in [0.4, 0.5) is 0 Å². The van der Waals surface area contributed by atoms with Crippen molar-refractivity contribution in [2.24, 2.45) is 0 Å². The third kappa shape index (κ3) is 16.6. The molecule has 2 fully saturated rings. The third-order valence-electron chi connectivity index (χ3n) is 8.59. The molecular formula is C31H60B. The van der Waals surface area contributed by atoms with Crippen LogP contribution in [0.3, 0.4) is 0 Å². The highest BCUT2D eigenvalue weighted by Gasteiger charge is 2.18. The minimum absolute atomic E-state index is 0.926. The lowest BCUT2D eigenvalue weighted by atomic mass is 9.50. The molecule has 2 rings (SSSR count). The van der Waals surface area contributed by atoms with Crippen molar-refractivity contribution in [3.05, 3.63) is 0 Å². The standard InChI is InChI=1S/C31H60B/c1-2-6-10-14-18-22-26-30(27-23-19-15-11-7-3-1)32-31-28-24-20-16-12-8-4-5-9-13-17-21-25-29-31/h30-31H,1-29H2. The second kappa shape index (κ2) is 21.6. The highest BCUT2D eigenvalue weighted by molar-refractivity contribution is 6.39. The molecule has 2 aliphatic carbocycles. The zero-order valence-corrected chi connectivity index (χ0v) is 22.2. The van der Waals surface area contributed by atoms with Crippen molar-refractivity contribution in [3.8, 4) is 0 Å². The van der Waals surface area contributed by atoms with Gasteiger partial charge in [0, 0.05) is 0 Å². The smallest absolute Gasteiger partial charge is 0.0686 e. The molecule has 0 spiro atoms.